The lowest BCUT2D eigenvalue weighted by molar-refractivity contribution is 1.18. The van der Waals surface area contributed by atoms with E-state index in [4.69, 9.17) is 0 Å². The Morgan fingerprint density at radius 2 is 0.917 bits per heavy atom. The number of benzene rings is 9. The number of anilines is 9. The summed E-state index contributed by atoms with van der Waals surface area (Å²) in [7, 11) is 0. The van der Waals surface area contributed by atoms with E-state index in [-0.39, 0.29) is 6.71 Å². The lowest BCUT2D eigenvalue weighted by Gasteiger charge is -2.44. The van der Waals surface area contributed by atoms with Gasteiger partial charge in [-0.15, -0.1) is 0 Å². The number of aryl methyl sites for hydroxylation is 1. The second-order valence-corrected chi connectivity index (χ2v) is 15.8. The quantitative estimate of drug-likeness (QED) is 0.157. The van der Waals surface area contributed by atoms with Gasteiger partial charge in [0.05, 0.1) is 11.0 Å². The summed E-state index contributed by atoms with van der Waals surface area (Å²) < 4.78 is 2.38. The van der Waals surface area contributed by atoms with Gasteiger partial charge in [-0.05, 0) is 126 Å². The maximum absolute atomic E-state index is 2.49. The van der Waals surface area contributed by atoms with Crippen molar-refractivity contribution in [3.05, 3.63) is 224 Å². The fourth-order valence-corrected chi connectivity index (χ4v) is 9.82. The van der Waals surface area contributed by atoms with Crippen molar-refractivity contribution in [1.82, 2.24) is 4.57 Å². The molecule has 0 spiro atoms. The highest BCUT2D eigenvalue weighted by molar-refractivity contribution is 7.00. The Hall–Kier alpha value is -7.76. The van der Waals surface area contributed by atoms with Gasteiger partial charge in [-0.1, -0.05) is 121 Å². The first-order chi connectivity index (χ1) is 29.7. The molecule has 0 unspecified atom stereocenters. The average molecular weight is 767 g/mol. The molecule has 0 N–H and O–H groups in total. The lowest BCUT2D eigenvalue weighted by Crippen LogP contribution is -2.61. The molecule has 0 bridgehead atoms. The van der Waals surface area contributed by atoms with E-state index in [1.807, 2.05) is 0 Å². The molecule has 0 saturated carbocycles. The minimum absolute atomic E-state index is 0.0451. The first-order valence-corrected chi connectivity index (χ1v) is 20.7. The molecule has 10 aromatic rings. The van der Waals surface area contributed by atoms with Gasteiger partial charge in [-0.25, -0.2) is 0 Å². The van der Waals surface area contributed by atoms with Crippen LogP contribution >= 0.6 is 0 Å². The Morgan fingerprint density at radius 3 is 1.68 bits per heavy atom. The second-order valence-electron chi connectivity index (χ2n) is 15.8. The van der Waals surface area contributed by atoms with Crippen molar-refractivity contribution >= 4 is 96.1 Å². The van der Waals surface area contributed by atoms with Crippen molar-refractivity contribution in [2.75, 3.05) is 14.7 Å². The average Bonchev–Trinajstić information content (AvgIpc) is 3.64. The van der Waals surface area contributed by atoms with E-state index >= 15 is 0 Å². The predicted octanol–water partition coefficient (Wildman–Crippen LogP) is 12.6. The Kier molecular flexibility index (Phi) is 7.82. The van der Waals surface area contributed by atoms with Crippen LogP contribution in [0.2, 0.25) is 0 Å². The number of hydrogen-bond acceptors (Lipinski definition) is 3. The van der Waals surface area contributed by atoms with Gasteiger partial charge >= 0.3 is 0 Å². The number of aromatic nitrogens is 1. The molecule has 0 fully saturated rings. The van der Waals surface area contributed by atoms with Crippen LogP contribution in [0.5, 0.6) is 0 Å². The molecule has 0 saturated heterocycles. The molecule has 4 nitrogen and oxygen atoms in total. The SMILES string of the molecule is Cc1ccc(N2c3cc(N(c4ccccc4)c4ccc5c(c4)c4ccccc4n5-c4ccccc4)ccc3B3c4ccccc4N(c4ccccc4)c4cccc2c43)cc1. The Morgan fingerprint density at radius 1 is 0.367 bits per heavy atom. The highest BCUT2D eigenvalue weighted by Crippen LogP contribution is 2.46. The zero-order valence-electron chi connectivity index (χ0n) is 33.2. The van der Waals surface area contributed by atoms with E-state index in [2.05, 4.69) is 245 Å². The van der Waals surface area contributed by atoms with E-state index in [1.54, 1.807) is 0 Å². The van der Waals surface area contributed by atoms with Crippen LogP contribution in [-0.2, 0) is 0 Å². The molecule has 60 heavy (non-hydrogen) atoms. The van der Waals surface area contributed by atoms with Crippen LogP contribution in [0.1, 0.15) is 5.56 Å². The molecular formula is C55H39BN4. The van der Waals surface area contributed by atoms with Crippen LogP contribution in [0.15, 0.2) is 218 Å². The number of rotatable bonds is 6. The summed E-state index contributed by atoms with van der Waals surface area (Å²) in [6.07, 6.45) is 0. The monoisotopic (exact) mass is 766 g/mol. The summed E-state index contributed by atoms with van der Waals surface area (Å²) in [5, 5.41) is 2.45. The topological polar surface area (TPSA) is 14.7 Å². The summed E-state index contributed by atoms with van der Waals surface area (Å²) in [4.78, 5) is 7.35. The number of hydrogen-bond donors (Lipinski definition) is 0. The summed E-state index contributed by atoms with van der Waals surface area (Å²) in [6, 6.07) is 79.9. The minimum Gasteiger partial charge on any atom is -0.311 e. The van der Waals surface area contributed by atoms with Crippen LogP contribution in [0.25, 0.3) is 27.5 Å². The third-order valence-corrected chi connectivity index (χ3v) is 12.4. The van der Waals surface area contributed by atoms with Gasteiger partial charge in [0.15, 0.2) is 0 Å². The highest BCUT2D eigenvalue weighted by Gasteiger charge is 2.43. The molecular weight excluding hydrogens is 727 g/mol. The van der Waals surface area contributed by atoms with Gasteiger partial charge in [-0.2, -0.15) is 0 Å². The first-order valence-electron chi connectivity index (χ1n) is 20.7. The largest absolute Gasteiger partial charge is 0.311 e. The molecule has 2 aliphatic rings. The van der Waals surface area contributed by atoms with Gasteiger partial charge in [-0.3, -0.25) is 0 Å². The molecule has 2 aliphatic heterocycles. The first kappa shape index (κ1) is 34.3. The maximum atomic E-state index is 2.49. The Labute approximate surface area is 350 Å². The third-order valence-electron chi connectivity index (χ3n) is 12.4. The minimum atomic E-state index is 0.0451. The predicted molar refractivity (Wildman–Crippen MR) is 254 cm³/mol. The molecule has 12 rings (SSSR count). The van der Waals surface area contributed by atoms with E-state index in [0.29, 0.717) is 0 Å². The Balaban J connectivity index is 1.09. The molecule has 0 atom stereocenters. The summed E-state index contributed by atoms with van der Waals surface area (Å²) in [5.74, 6) is 0. The van der Waals surface area contributed by atoms with Crippen molar-refractivity contribution in [3.8, 4) is 5.69 Å². The third kappa shape index (κ3) is 5.26. The fraction of sp³-hybridized carbons (Fsp3) is 0.0182. The summed E-state index contributed by atoms with van der Waals surface area (Å²) in [5.41, 5.74) is 19.1. The number of para-hydroxylation sites is 5. The van der Waals surface area contributed by atoms with E-state index in [1.165, 1.54) is 66.5 Å². The second kappa shape index (κ2) is 13.7. The van der Waals surface area contributed by atoms with Crippen molar-refractivity contribution in [3.63, 3.8) is 0 Å². The van der Waals surface area contributed by atoms with Crippen molar-refractivity contribution in [2.45, 2.75) is 6.92 Å². The van der Waals surface area contributed by atoms with Crippen molar-refractivity contribution < 1.29 is 0 Å². The molecule has 0 amide bonds. The van der Waals surface area contributed by atoms with E-state index in [0.717, 1.165) is 34.1 Å². The highest BCUT2D eigenvalue weighted by atomic mass is 15.2. The van der Waals surface area contributed by atoms with Gasteiger partial charge in [0.25, 0.3) is 6.71 Å². The zero-order chi connectivity index (χ0) is 39.7. The zero-order valence-corrected chi connectivity index (χ0v) is 33.2. The molecule has 3 heterocycles. The molecule has 5 heteroatoms. The Bertz CT molecular complexity index is 3230. The maximum Gasteiger partial charge on any atom is 0.252 e. The van der Waals surface area contributed by atoms with Gasteiger partial charge in [0.1, 0.15) is 0 Å². The van der Waals surface area contributed by atoms with Crippen molar-refractivity contribution in [1.29, 1.82) is 0 Å². The van der Waals surface area contributed by atoms with Crippen LogP contribution < -0.4 is 31.1 Å². The van der Waals surface area contributed by atoms with Crippen LogP contribution in [0.4, 0.5) is 51.2 Å². The van der Waals surface area contributed by atoms with Gasteiger partial charge in [0, 0.05) is 67.6 Å². The fourth-order valence-electron chi connectivity index (χ4n) is 9.82. The molecule has 282 valence electrons. The normalized spacial score (nSPS) is 12.7. The molecule has 0 radical (unpaired) electrons. The summed E-state index contributed by atoms with van der Waals surface area (Å²) in [6.45, 7) is 2.20. The molecule has 9 aromatic carbocycles. The number of nitrogens with zero attached hydrogens (tertiary/aromatic N) is 4. The smallest absolute Gasteiger partial charge is 0.252 e. The lowest BCUT2D eigenvalue weighted by atomic mass is 9.33. The van der Waals surface area contributed by atoms with Crippen LogP contribution in [0.3, 0.4) is 0 Å². The van der Waals surface area contributed by atoms with Gasteiger partial charge in [0.2, 0.25) is 0 Å². The molecule has 1 aromatic heterocycles. The van der Waals surface area contributed by atoms with Crippen LogP contribution in [-0.4, -0.2) is 11.3 Å². The van der Waals surface area contributed by atoms with E-state index < -0.39 is 0 Å². The summed E-state index contributed by atoms with van der Waals surface area (Å²) >= 11 is 0. The standard InChI is InChI=1S/C55H39BN4/c1-38-28-30-42(31-29-38)60-53-27-15-26-52-55(53)56(47-23-12-14-25-51(47)59(52)41-20-9-4-10-21-41)48-34-32-44(37-54(48)60)57(39-16-5-2-6-17-39)43-33-35-50-46(36-43)45-22-11-13-24-49(45)58(50)40-18-7-3-8-19-40/h2-37H,1H3. The van der Waals surface area contributed by atoms with Crippen molar-refractivity contribution in [2.24, 2.45) is 0 Å². The van der Waals surface area contributed by atoms with Gasteiger partial charge < -0.3 is 19.3 Å². The van der Waals surface area contributed by atoms with Crippen LogP contribution in [0, 0.1) is 6.92 Å². The number of fused-ring (bicyclic) bond motifs is 7. The van der Waals surface area contributed by atoms with E-state index in [9.17, 15) is 0 Å². The molecule has 0 aliphatic carbocycles.